The second kappa shape index (κ2) is 9.19. The molecule has 2 nitrogen and oxygen atoms in total. The van der Waals surface area contributed by atoms with E-state index in [1.54, 1.807) is 11.8 Å². The lowest BCUT2D eigenvalue weighted by atomic mass is 10.1. The van der Waals surface area contributed by atoms with E-state index >= 15 is 0 Å². The Morgan fingerprint density at radius 3 is 2.46 bits per heavy atom. The Balaban J connectivity index is 0.00000208. The minimum absolute atomic E-state index is 0. The lowest BCUT2D eigenvalue weighted by molar-refractivity contribution is -0.507. The summed E-state index contributed by atoms with van der Waals surface area (Å²) in [6.45, 7) is 1.50. The smallest absolute Gasteiger partial charge is 0.227 e. The van der Waals surface area contributed by atoms with Crippen LogP contribution in [0.25, 0.3) is 0 Å². The van der Waals surface area contributed by atoms with Gasteiger partial charge in [0.15, 0.2) is 5.71 Å². The minimum atomic E-state index is 0. The number of thioether (sulfide) groups is 1. The average Bonchev–Trinajstić information content (AvgIpc) is 3.02. The van der Waals surface area contributed by atoms with Crippen LogP contribution in [0.3, 0.4) is 0 Å². The predicted octanol–water partition coefficient (Wildman–Crippen LogP) is 1.09. The number of carbonyl (C=O) groups is 1. The first-order valence-electron chi connectivity index (χ1n) is 8.07. The molecule has 0 aliphatic carbocycles. The summed E-state index contributed by atoms with van der Waals surface area (Å²) in [5.74, 6) is 0.213. The molecule has 0 unspecified atom stereocenters. The molecule has 0 atom stereocenters. The molecule has 1 aliphatic heterocycles. The Bertz CT molecular complexity index is 710. The molecule has 4 heteroatoms. The van der Waals surface area contributed by atoms with Gasteiger partial charge in [0.1, 0.15) is 6.54 Å². The number of ketones is 1. The first-order chi connectivity index (χ1) is 11.3. The average molecular weight is 404 g/mol. The zero-order valence-corrected chi connectivity index (χ0v) is 16.3. The van der Waals surface area contributed by atoms with E-state index in [4.69, 9.17) is 0 Å². The van der Waals surface area contributed by atoms with Crippen molar-refractivity contribution in [3.8, 4) is 0 Å². The topological polar surface area (TPSA) is 20.1 Å². The van der Waals surface area contributed by atoms with Crippen LogP contribution >= 0.6 is 11.8 Å². The van der Waals surface area contributed by atoms with Crippen LogP contribution in [0.5, 0.6) is 0 Å². The molecular formula is C20H22BrNOS. The van der Waals surface area contributed by atoms with Crippen LogP contribution < -0.4 is 17.0 Å². The van der Waals surface area contributed by atoms with Crippen molar-refractivity contribution < 1.29 is 26.4 Å². The Morgan fingerprint density at radius 2 is 1.79 bits per heavy atom. The molecule has 1 aliphatic rings. The highest BCUT2D eigenvalue weighted by Gasteiger charge is 2.25. The van der Waals surface area contributed by atoms with Crippen molar-refractivity contribution in [2.45, 2.75) is 24.2 Å². The number of rotatable bonds is 6. The molecule has 24 heavy (non-hydrogen) atoms. The zero-order valence-electron chi connectivity index (χ0n) is 13.9. The number of Topliss-reactive ketones (excluding diaryl/α,β-unsaturated/α-hetero) is 1. The lowest BCUT2D eigenvalue weighted by Crippen LogP contribution is -3.00. The van der Waals surface area contributed by atoms with Gasteiger partial charge in [0, 0.05) is 23.3 Å². The molecule has 0 amide bonds. The maximum Gasteiger partial charge on any atom is 0.227 e. The maximum absolute atomic E-state index is 12.5. The second-order valence-corrected chi connectivity index (χ2v) is 6.79. The van der Waals surface area contributed by atoms with Gasteiger partial charge < -0.3 is 17.0 Å². The third kappa shape index (κ3) is 4.81. The molecule has 3 rings (SSSR count). The van der Waals surface area contributed by atoms with Gasteiger partial charge in [0.25, 0.3) is 0 Å². The van der Waals surface area contributed by atoms with E-state index in [-0.39, 0.29) is 22.8 Å². The van der Waals surface area contributed by atoms with Crippen LogP contribution in [-0.4, -0.2) is 35.4 Å². The number of carbonyl (C=O) groups excluding carboxylic acids is 1. The molecule has 0 aromatic heterocycles. The van der Waals surface area contributed by atoms with Gasteiger partial charge in [0.2, 0.25) is 12.3 Å². The molecule has 0 N–H and O–H groups in total. The highest BCUT2D eigenvalue weighted by atomic mass is 79.9. The number of benzene rings is 2. The Labute approximate surface area is 158 Å². The summed E-state index contributed by atoms with van der Waals surface area (Å²) in [4.78, 5) is 13.7. The fourth-order valence-electron chi connectivity index (χ4n) is 3.05. The Hall–Kier alpha value is -1.39. The van der Waals surface area contributed by atoms with Gasteiger partial charge >= 0.3 is 0 Å². The van der Waals surface area contributed by atoms with Gasteiger partial charge in [-0.05, 0) is 24.0 Å². The molecule has 2 aromatic rings. The largest absolute Gasteiger partial charge is 1.00 e. The number of nitrogens with zero attached hydrogens (tertiary/aromatic N) is 1. The van der Waals surface area contributed by atoms with Gasteiger partial charge in [-0.2, -0.15) is 0 Å². The van der Waals surface area contributed by atoms with Crippen molar-refractivity contribution in [3.05, 3.63) is 65.7 Å². The molecule has 0 fully saturated rings. The first-order valence-corrected chi connectivity index (χ1v) is 9.29. The molecule has 0 saturated heterocycles. The summed E-state index contributed by atoms with van der Waals surface area (Å²) in [6.07, 6.45) is 5.26. The van der Waals surface area contributed by atoms with Crippen LogP contribution in [0.2, 0.25) is 0 Å². The van der Waals surface area contributed by atoms with Crippen molar-refractivity contribution in [1.29, 1.82) is 0 Å². The maximum atomic E-state index is 12.5. The molecule has 126 valence electrons. The summed E-state index contributed by atoms with van der Waals surface area (Å²) in [5.41, 5.74) is 3.53. The SMILES string of the molecule is CSc1ccc(C(=O)C[N+]2=C(Cc3ccccc3)CCC2)cc1.[Br-]. The molecular weight excluding hydrogens is 382 g/mol. The molecule has 0 radical (unpaired) electrons. The van der Waals surface area contributed by atoms with E-state index in [2.05, 4.69) is 28.8 Å². The summed E-state index contributed by atoms with van der Waals surface area (Å²) in [6, 6.07) is 18.5. The van der Waals surface area contributed by atoms with E-state index in [9.17, 15) is 4.79 Å². The predicted molar refractivity (Wildman–Crippen MR) is 96.9 cm³/mol. The lowest BCUT2D eigenvalue weighted by Gasteiger charge is -2.04. The van der Waals surface area contributed by atoms with Gasteiger partial charge in [-0.15, -0.1) is 11.8 Å². The summed E-state index contributed by atoms with van der Waals surface area (Å²) >= 11 is 1.70. The van der Waals surface area contributed by atoms with E-state index < -0.39 is 0 Å². The van der Waals surface area contributed by atoms with Gasteiger partial charge in [0.05, 0.1) is 6.42 Å². The quantitative estimate of drug-likeness (QED) is 0.408. The molecule has 1 heterocycles. The van der Waals surface area contributed by atoms with E-state index in [1.165, 1.54) is 16.2 Å². The first kappa shape index (κ1) is 18.9. The van der Waals surface area contributed by atoms with Crippen molar-refractivity contribution in [2.24, 2.45) is 0 Å². The summed E-state index contributed by atoms with van der Waals surface area (Å²) < 4.78 is 2.28. The molecule has 0 bridgehead atoms. The van der Waals surface area contributed by atoms with Gasteiger partial charge in [-0.1, -0.05) is 42.5 Å². The fourth-order valence-corrected chi connectivity index (χ4v) is 3.46. The monoisotopic (exact) mass is 403 g/mol. The number of hydrogen-bond acceptors (Lipinski definition) is 2. The molecule has 2 aromatic carbocycles. The number of hydrogen-bond donors (Lipinski definition) is 0. The normalized spacial score (nSPS) is 13.7. The van der Waals surface area contributed by atoms with Crippen molar-refractivity contribution in [2.75, 3.05) is 19.3 Å². The third-order valence-corrected chi connectivity index (χ3v) is 5.08. The molecule has 0 saturated carbocycles. The van der Waals surface area contributed by atoms with Crippen LogP contribution in [0, 0.1) is 0 Å². The number of halogens is 1. The van der Waals surface area contributed by atoms with Crippen LogP contribution in [-0.2, 0) is 6.42 Å². The van der Waals surface area contributed by atoms with Crippen LogP contribution in [0.15, 0.2) is 59.5 Å². The Kier molecular flexibility index (Phi) is 7.25. The van der Waals surface area contributed by atoms with E-state index in [0.29, 0.717) is 6.54 Å². The third-order valence-electron chi connectivity index (χ3n) is 4.34. The van der Waals surface area contributed by atoms with Gasteiger partial charge in [-0.3, -0.25) is 4.79 Å². The zero-order chi connectivity index (χ0) is 16.1. The summed E-state index contributed by atoms with van der Waals surface area (Å²) in [5, 5.41) is 0. The van der Waals surface area contributed by atoms with Crippen molar-refractivity contribution in [3.63, 3.8) is 0 Å². The van der Waals surface area contributed by atoms with E-state index in [1.807, 2.05) is 36.6 Å². The minimum Gasteiger partial charge on any atom is -1.00 e. The van der Waals surface area contributed by atoms with Gasteiger partial charge in [-0.25, -0.2) is 4.58 Å². The van der Waals surface area contributed by atoms with Crippen molar-refractivity contribution in [1.82, 2.24) is 0 Å². The van der Waals surface area contributed by atoms with E-state index in [0.717, 1.165) is 31.4 Å². The molecule has 0 spiro atoms. The fraction of sp³-hybridized carbons (Fsp3) is 0.300. The summed E-state index contributed by atoms with van der Waals surface area (Å²) in [7, 11) is 0. The Morgan fingerprint density at radius 1 is 1.08 bits per heavy atom. The second-order valence-electron chi connectivity index (χ2n) is 5.91. The van der Waals surface area contributed by atoms with Crippen molar-refractivity contribution >= 4 is 23.3 Å². The van der Waals surface area contributed by atoms with Crippen LogP contribution in [0.4, 0.5) is 0 Å². The highest BCUT2D eigenvalue weighted by Crippen LogP contribution is 2.16. The standard InChI is InChI=1S/C20H22NOS.BrH/c1-23-19-11-9-17(10-12-19)20(22)15-21-13-5-8-18(21)14-16-6-3-2-4-7-16;/h2-4,6-7,9-12H,5,8,13-15H2,1H3;1H/q+1;/p-1. The highest BCUT2D eigenvalue weighted by molar-refractivity contribution is 7.98. The van der Waals surface area contributed by atoms with Crippen LogP contribution in [0.1, 0.15) is 28.8 Å².